The third-order valence-corrected chi connectivity index (χ3v) is 6.34. The molecule has 0 radical (unpaired) electrons. The van der Waals surface area contributed by atoms with E-state index in [9.17, 15) is 9.59 Å². The van der Waals surface area contributed by atoms with Gasteiger partial charge in [-0.25, -0.2) is 0 Å². The lowest BCUT2D eigenvalue weighted by Gasteiger charge is -2.36. The molecule has 2 aromatic rings. The van der Waals surface area contributed by atoms with Crippen molar-refractivity contribution in [3.63, 3.8) is 0 Å². The second-order valence-corrected chi connectivity index (χ2v) is 8.47. The lowest BCUT2D eigenvalue weighted by molar-refractivity contribution is -0.136. The van der Waals surface area contributed by atoms with E-state index in [1.54, 1.807) is 31.4 Å². The van der Waals surface area contributed by atoms with Crippen LogP contribution in [0.25, 0.3) is 0 Å². The van der Waals surface area contributed by atoms with Crippen molar-refractivity contribution < 1.29 is 19.1 Å². The molecule has 2 aliphatic heterocycles. The van der Waals surface area contributed by atoms with Crippen molar-refractivity contribution >= 4 is 23.2 Å². The first-order valence-electron chi connectivity index (χ1n) is 11.4. The molecular weight excluding hydrogens is 420 g/mol. The third kappa shape index (κ3) is 5.64. The maximum Gasteiger partial charge on any atom is 0.313 e. The standard InChI is InChI=1S/C25H32N4O4/c1-28-11-3-4-18-16-19(5-10-22(18)28)23(29-12-14-33-15-13-29)17-26-24(30)25(31)27-20-6-8-21(32-2)9-7-20/h5-10,16,23H,3-4,11-15,17H2,1-2H3,(H,26,30)(H,27,31). The number of hydrogen-bond acceptors (Lipinski definition) is 6. The second kappa shape index (κ2) is 10.7. The summed E-state index contributed by atoms with van der Waals surface area (Å²) in [6, 6.07) is 13.4. The quantitative estimate of drug-likeness (QED) is 0.654. The van der Waals surface area contributed by atoms with Gasteiger partial charge >= 0.3 is 11.8 Å². The van der Waals surface area contributed by atoms with Crippen LogP contribution in [0.1, 0.15) is 23.6 Å². The van der Waals surface area contributed by atoms with Gasteiger partial charge in [0.15, 0.2) is 0 Å². The minimum Gasteiger partial charge on any atom is -0.497 e. The molecule has 33 heavy (non-hydrogen) atoms. The molecule has 8 heteroatoms. The zero-order chi connectivity index (χ0) is 23.2. The SMILES string of the molecule is COc1ccc(NC(=O)C(=O)NCC(c2ccc3c(c2)CCCN3C)N2CCOCC2)cc1. The van der Waals surface area contributed by atoms with Crippen LogP contribution >= 0.6 is 0 Å². The number of aryl methyl sites for hydroxylation is 1. The molecule has 1 atom stereocenters. The van der Waals surface area contributed by atoms with Crippen molar-refractivity contribution in [3.05, 3.63) is 53.6 Å². The van der Waals surface area contributed by atoms with Gasteiger partial charge in [0.25, 0.3) is 0 Å². The fraction of sp³-hybridized carbons (Fsp3) is 0.440. The zero-order valence-corrected chi connectivity index (χ0v) is 19.3. The lowest BCUT2D eigenvalue weighted by atomic mass is 9.95. The van der Waals surface area contributed by atoms with Crippen molar-refractivity contribution in [2.24, 2.45) is 0 Å². The predicted molar refractivity (Wildman–Crippen MR) is 128 cm³/mol. The van der Waals surface area contributed by atoms with E-state index in [0.717, 1.165) is 38.0 Å². The molecule has 0 bridgehead atoms. The van der Waals surface area contributed by atoms with Crippen LogP contribution < -0.4 is 20.3 Å². The van der Waals surface area contributed by atoms with E-state index in [-0.39, 0.29) is 6.04 Å². The van der Waals surface area contributed by atoms with Crippen molar-refractivity contribution in [2.45, 2.75) is 18.9 Å². The van der Waals surface area contributed by atoms with Crippen LogP contribution in [0.3, 0.4) is 0 Å². The van der Waals surface area contributed by atoms with Crippen molar-refractivity contribution in [2.75, 3.05) is 63.8 Å². The highest BCUT2D eigenvalue weighted by Crippen LogP contribution is 2.31. The molecule has 4 rings (SSSR count). The Morgan fingerprint density at radius 2 is 1.82 bits per heavy atom. The Balaban J connectivity index is 1.44. The van der Waals surface area contributed by atoms with E-state index in [1.807, 2.05) is 0 Å². The van der Waals surface area contributed by atoms with Crippen molar-refractivity contribution in [3.8, 4) is 5.75 Å². The minimum atomic E-state index is -0.687. The van der Waals surface area contributed by atoms with Gasteiger partial charge in [-0.05, 0) is 54.3 Å². The number of methoxy groups -OCH3 is 1. The minimum absolute atomic E-state index is 0.0239. The molecule has 2 N–H and O–H groups in total. The normalized spacial score (nSPS) is 17.1. The maximum atomic E-state index is 12.6. The highest BCUT2D eigenvalue weighted by molar-refractivity contribution is 6.39. The maximum absolute atomic E-state index is 12.6. The molecule has 1 saturated heterocycles. The van der Waals surface area contributed by atoms with Crippen molar-refractivity contribution in [1.29, 1.82) is 0 Å². The largest absolute Gasteiger partial charge is 0.497 e. The van der Waals surface area contributed by atoms with Gasteiger partial charge in [0.2, 0.25) is 0 Å². The molecule has 2 aliphatic rings. The van der Waals surface area contributed by atoms with Crippen LogP contribution in [-0.4, -0.2) is 70.3 Å². The molecular formula is C25H32N4O4. The Morgan fingerprint density at radius 1 is 1.06 bits per heavy atom. The molecule has 1 fully saturated rings. The average Bonchev–Trinajstić information content (AvgIpc) is 2.85. The van der Waals surface area contributed by atoms with Crippen molar-refractivity contribution in [1.82, 2.24) is 10.2 Å². The van der Waals surface area contributed by atoms with Crippen LogP contribution in [0.4, 0.5) is 11.4 Å². The molecule has 0 saturated carbocycles. The summed E-state index contributed by atoms with van der Waals surface area (Å²) in [5.74, 6) is -0.656. The number of rotatable bonds is 6. The van der Waals surface area contributed by atoms with Gasteiger partial charge in [0, 0.05) is 44.6 Å². The number of nitrogens with one attached hydrogen (secondary N) is 2. The number of hydrogen-bond donors (Lipinski definition) is 2. The second-order valence-electron chi connectivity index (χ2n) is 8.47. The smallest absolute Gasteiger partial charge is 0.313 e. The third-order valence-electron chi connectivity index (χ3n) is 6.34. The molecule has 2 aromatic carbocycles. The van der Waals surface area contributed by atoms with Gasteiger partial charge in [-0.2, -0.15) is 0 Å². The van der Waals surface area contributed by atoms with Gasteiger partial charge in [-0.15, -0.1) is 0 Å². The molecule has 1 unspecified atom stereocenters. The molecule has 0 spiro atoms. The lowest BCUT2D eigenvalue weighted by Crippen LogP contribution is -2.45. The number of anilines is 2. The fourth-order valence-electron chi connectivity index (χ4n) is 4.49. The first kappa shape index (κ1) is 23.1. The number of carbonyl (C=O) groups excluding carboxylic acids is 2. The van der Waals surface area contributed by atoms with E-state index < -0.39 is 11.8 Å². The topological polar surface area (TPSA) is 83.1 Å². The van der Waals surface area contributed by atoms with E-state index >= 15 is 0 Å². The molecule has 2 heterocycles. The Bertz CT molecular complexity index is 973. The highest BCUT2D eigenvalue weighted by Gasteiger charge is 2.26. The predicted octanol–water partition coefficient (Wildman–Crippen LogP) is 2.21. The number of carbonyl (C=O) groups is 2. The molecule has 0 aliphatic carbocycles. The Kier molecular flexibility index (Phi) is 7.47. The Hall–Kier alpha value is -3.10. The van der Waals surface area contributed by atoms with Gasteiger partial charge in [0.1, 0.15) is 5.75 Å². The zero-order valence-electron chi connectivity index (χ0n) is 19.3. The number of morpholine rings is 1. The van der Waals surface area contributed by atoms with Gasteiger partial charge in [0.05, 0.1) is 26.4 Å². The van der Waals surface area contributed by atoms with Crippen LogP contribution in [0.2, 0.25) is 0 Å². The summed E-state index contributed by atoms with van der Waals surface area (Å²) in [5.41, 5.74) is 4.30. The van der Waals surface area contributed by atoms with Crippen LogP contribution in [0.15, 0.2) is 42.5 Å². The summed E-state index contributed by atoms with van der Waals surface area (Å²) in [7, 11) is 3.70. The van der Waals surface area contributed by atoms with Gasteiger partial charge in [-0.3, -0.25) is 14.5 Å². The van der Waals surface area contributed by atoms with Crippen LogP contribution in [0, 0.1) is 0 Å². The number of ether oxygens (including phenoxy) is 2. The number of benzene rings is 2. The average molecular weight is 453 g/mol. The van der Waals surface area contributed by atoms with Crippen LogP contribution in [0.5, 0.6) is 5.75 Å². The Morgan fingerprint density at radius 3 is 2.55 bits per heavy atom. The molecule has 8 nitrogen and oxygen atoms in total. The number of amides is 2. The molecule has 0 aromatic heterocycles. The van der Waals surface area contributed by atoms with E-state index in [0.29, 0.717) is 31.2 Å². The summed E-state index contributed by atoms with van der Waals surface area (Å²) >= 11 is 0. The van der Waals surface area contributed by atoms with Gasteiger partial charge < -0.3 is 25.0 Å². The Labute approximate surface area is 194 Å². The van der Waals surface area contributed by atoms with E-state index in [2.05, 4.69) is 45.7 Å². The highest BCUT2D eigenvalue weighted by atomic mass is 16.5. The summed E-state index contributed by atoms with van der Waals surface area (Å²) in [5, 5.41) is 5.48. The van der Waals surface area contributed by atoms with Gasteiger partial charge in [-0.1, -0.05) is 12.1 Å². The fourth-order valence-corrected chi connectivity index (χ4v) is 4.49. The van der Waals surface area contributed by atoms with E-state index in [1.165, 1.54) is 11.3 Å². The monoisotopic (exact) mass is 452 g/mol. The number of nitrogens with zero attached hydrogens (tertiary/aromatic N) is 2. The molecule has 176 valence electrons. The van der Waals surface area contributed by atoms with Crippen LogP contribution in [-0.2, 0) is 20.7 Å². The molecule has 2 amide bonds. The summed E-state index contributed by atoms with van der Waals surface area (Å²) in [4.78, 5) is 29.6. The summed E-state index contributed by atoms with van der Waals surface area (Å²) < 4.78 is 10.6. The van der Waals surface area contributed by atoms with E-state index in [4.69, 9.17) is 9.47 Å². The number of fused-ring (bicyclic) bond motifs is 1. The summed E-state index contributed by atoms with van der Waals surface area (Å²) in [6.07, 6.45) is 2.19. The first-order chi connectivity index (χ1) is 16.0. The first-order valence-corrected chi connectivity index (χ1v) is 11.4. The summed E-state index contributed by atoms with van der Waals surface area (Å²) in [6.45, 7) is 4.32.